The first-order chi connectivity index (χ1) is 10.8. The third-order valence-corrected chi connectivity index (χ3v) is 4.12. The first-order valence-corrected chi connectivity index (χ1v) is 7.87. The molecular weight excluding hydrogens is 360 g/mol. The second-order valence-electron chi connectivity index (χ2n) is 5.30. The number of esters is 1. The Balaban J connectivity index is 3.10. The van der Waals surface area contributed by atoms with Crippen LogP contribution in [0.3, 0.4) is 0 Å². The third kappa shape index (κ3) is 3.96. The number of carbonyl (C=O) groups excluding carboxylic acids is 1. The maximum absolute atomic E-state index is 13.6. The number of hydrogen-bond donors (Lipinski definition) is 0. The van der Waals surface area contributed by atoms with E-state index in [2.05, 4.69) is 9.47 Å². The molecule has 1 aromatic carbocycles. The highest BCUT2D eigenvalue weighted by molar-refractivity contribution is 7.85. The Labute approximate surface area is 135 Å². The molecule has 0 saturated heterocycles. The van der Waals surface area contributed by atoms with Gasteiger partial charge >= 0.3 is 5.97 Å². The highest BCUT2D eigenvalue weighted by atomic mass is 32.2. The standard InChI is InChI=1S/C13H14F4O6S/c1-4-13(2,3)12(18)23-5-22-10-6(14)8(16)11(24(19,20)21)9(17)7(10)15/h4-5H2,1-3H3,(H,19,20,21)/p-1. The fraction of sp³-hybridized carbons (Fsp3) is 0.462. The van der Waals surface area contributed by atoms with E-state index in [4.69, 9.17) is 0 Å². The highest BCUT2D eigenvalue weighted by Gasteiger charge is 2.31. The molecule has 0 spiro atoms. The van der Waals surface area contributed by atoms with Gasteiger partial charge in [-0.15, -0.1) is 0 Å². The van der Waals surface area contributed by atoms with E-state index in [-0.39, 0.29) is 0 Å². The second-order valence-corrected chi connectivity index (χ2v) is 6.62. The molecule has 6 nitrogen and oxygen atoms in total. The van der Waals surface area contributed by atoms with E-state index in [0.29, 0.717) is 6.42 Å². The van der Waals surface area contributed by atoms with Crippen LogP contribution in [0, 0.1) is 28.7 Å². The van der Waals surface area contributed by atoms with E-state index >= 15 is 0 Å². The minimum absolute atomic E-state index is 0.369. The number of benzene rings is 1. The van der Waals surface area contributed by atoms with Crippen LogP contribution < -0.4 is 4.74 Å². The normalized spacial score (nSPS) is 12.2. The van der Waals surface area contributed by atoms with Crippen molar-refractivity contribution < 1.29 is 44.8 Å². The molecule has 1 rings (SSSR count). The van der Waals surface area contributed by atoms with Crippen LogP contribution in [0.2, 0.25) is 0 Å². The van der Waals surface area contributed by atoms with Crippen molar-refractivity contribution in [3.05, 3.63) is 23.3 Å². The van der Waals surface area contributed by atoms with Gasteiger partial charge in [-0.2, -0.15) is 8.78 Å². The van der Waals surface area contributed by atoms with Crippen molar-refractivity contribution in [2.75, 3.05) is 6.79 Å². The smallest absolute Gasteiger partial charge is 0.314 e. The summed E-state index contributed by atoms with van der Waals surface area (Å²) < 4.78 is 95.1. The SMILES string of the molecule is CCC(C)(C)C(=O)OCOc1c(F)c(F)c(S(=O)(=O)[O-])c(F)c1F. The highest BCUT2D eigenvalue weighted by Crippen LogP contribution is 2.32. The van der Waals surface area contributed by atoms with Crippen molar-refractivity contribution in [1.82, 2.24) is 0 Å². The Bertz CT molecular complexity index is 731. The summed E-state index contributed by atoms with van der Waals surface area (Å²) in [7, 11) is -5.80. The number of rotatable bonds is 6. The number of hydrogen-bond acceptors (Lipinski definition) is 6. The molecule has 0 N–H and O–H groups in total. The predicted octanol–water partition coefficient (Wildman–Crippen LogP) is 2.46. The molecule has 0 bridgehead atoms. The Kier molecular flexibility index (Phi) is 5.82. The zero-order valence-corrected chi connectivity index (χ0v) is 13.6. The number of carbonyl (C=O) groups is 1. The van der Waals surface area contributed by atoms with Crippen molar-refractivity contribution >= 4 is 16.1 Å². The minimum Gasteiger partial charge on any atom is -0.744 e. The van der Waals surface area contributed by atoms with Gasteiger partial charge in [0.2, 0.25) is 24.2 Å². The van der Waals surface area contributed by atoms with Crippen LogP contribution in [0.25, 0.3) is 0 Å². The Morgan fingerprint density at radius 3 is 1.92 bits per heavy atom. The van der Waals surface area contributed by atoms with Crippen molar-refractivity contribution in [3.8, 4) is 5.75 Å². The lowest BCUT2D eigenvalue weighted by molar-refractivity contribution is -0.161. The summed E-state index contributed by atoms with van der Waals surface area (Å²) in [6.45, 7) is 3.63. The molecule has 0 aliphatic heterocycles. The minimum atomic E-state index is -5.80. The van der Waals surface area contributed by atoms with E-state index in [1.165, 1.54) is 13.8 Å². The molecule has 0 saturated carbocycles. The molecule has 0 aromatic heterocycles. The largest absolute Gasteiger partial charge is 0.744 e. The lowest BCUT2D eigenvalue weighted by atomic mass is 9.91. The molecule has 0 fully saturated rings. The third-order valence-electron chi connectivity index (χ3n) is 3.26. The fourth-order valence-corrected chi connectivity index (χ4v) is 2.04. The van der Waals surface area contributed by atoms with Crippen LogP contribution in [0.4, 0.5) is 17.6 Å². The van der Waals surface area contributed by atoms with Crippen molar-refractivity contribution in [2.24, 2.45) is 5.41 Å². The zero-order valence-electron chi connectivity index (χ0n) is 12.8. The first-order valence-electron chi connectivity index (χ1n) is 6.46. The second kappa shape index (κ2) is 6.93. The van der Waals surface area contributed by atoms with Gasteiger partial charge in [0.1, 0.15) is 15.0 Å². The molecule has 0 heterocycles. The monoisotopic (exact) mass is 373 g/mol. The molecule has 0 amide bonds. The van der Waals surface area contributed by atoms with Crippen LogP contribution in [-0.2, 0) is 19.6 Å². The van der Waals surface area contributed by atoms with E-state index in [0.717, 1.165) is 0 Å². The summed E-state index contributed by atoms with van der Waals surface area (Å²) in [4.78, 5) is 9.32. The molecule has 0 aliphatic rings. The van der Waals surface area contributed by atoms with Crippen LogP contribution in [-0.4, -0.2) is 25.7 Å². The van der Waals surface area contributed by atoms with Gasteiger partial charge < -0.3 is 14.0 Å². The average molecular weight is 373 g/mol. The summed E-state index contributed by atoms with van der Waals surface area (Å²) in [6, 6.07) is 0. The predicted molar refractivity (Wildman–Crippen MR) is 69.9 cm³/mol. The number of halogens is 4. The van der Waals surface area contributed by atoms with E-state index < -0.39 is 62.2 Å². The van der Waals surface area contributed by atoms with Crippen molar-refractivity contribution in [3.63, 3.8) is 0 Å². The van der Waals surface area contributed by atoms with Gasteiger partial charge in [-0.25, -0.2) is 17.2 Å². The summed E-state index contributed by atoms with van der Waals surface area (Å²) >= 11 is 0. The van der Waals surface area contributed by atoms with E-state index in [1.54, 1.807) is 6.92 Å². The van der Waals surface area contributed by atoms with E-state index in [9.17, 15) is 35.3 Å². The fourth-order valence-electron chi connectivity index (χ4n) is 1.42. The Morgan fingerprint density at radius 1 is 1.08 bits per heavy atom. The lowest BCUT2D eigenvalue weighted by Gasteiger charge is -2.20. The summed E-state index contributed by atoms with van der Waals surface area (Å²) in [6.07, 6.45) is 0.369. The van der Waals surface area contributed by atoms with Gasteiger partial charge in [-0.05, 0) is 20.3 Å². The average Bonchev–Trinajstić information content (AvgIpc) is 2.47. The summed E-state index contributed by atoms with van der Waals surface area (Å²) in [5.74, 6) is -11.8. The molecule has 1 aromatic rings. The van der Waals surface area contributed by atoms with Crippen LogP contribution in [0.15, 0.2) is 4.90 Å². The quantitative estimate of drug-likeness (QED) is 0.250. The molecule has 136 valence electrons. The van der Waals surface area contributed by atoms with Gasteiger partial charge in [0, 0.05) is 0 Å². The molecule has 0 aliphatic carbocycles. The molecule has 24 heavy (non-hydrogen) atoms. The molecule has 11 heteroatoms. The molecule has 0 atom stereocenters. The van der Waals surface area contributed by atoms with Gasteiger partial charge in [0.25, 0.3) is 0 Å². The molecular formula is C13H13F4O6S-. The van der Waals surface area contributed by atoms with Crippen LogP contribution in [0.5, 0.6) is 5.75 Å². The van der Waals surface area contributed by atoms with Gasteiger partial charge in [-0.3, -0.25) is 4.79 Å². The van der Waals surface area contributed by atoms with Crippen LogP contribution in [0.1, 0.15) is 27.2 Å². The van der Waals surface area contributed by atoms with Gasteiger partial charge in [0.15, 0.2) is 11.6 Å². The Morgan fingerprint density at radius 2 is 1.54 bits per heavy atom. The molecule has 0 unspecified atom stereocenters. The van der Waals surface area contributed by atoms with E-state index in [1.807, 2.05) is 0 Å². The van der Waals surface area contributed by atoms with Gasteiger partial charge in [0.05, 0.1) is 5.41 Å². The van der Waals surface area contributed by atoms with Crippen LogP contribution >= 0.6 is 0 Å². The van der Waals surface area contributed by atoms with Crippen molar-refractivity contribution in [2.45, 2.75) is 32.1 Å². The lowest BCUT2D eigenvalue weighted by Crippen LogP contribution is -2.27. The maximum Gasteiger partial charge on any atom is 0.314 e. The first kappa shape index (κ1) is 20.2. The summed E-state index contributed by atoms with van der Waals surface area (Å²) in [5, 5.41) is 0. The summed E-state index contributed by atoms with van der Waals surface area (Å²) in [5.41, 5.74) is -0.933. The topological polar surface area (TPSA) is 92.7 Å². The zero-order chi connectivity index (χ0) is 18.9. The van der Waals surface area contributed by atoms with Gasteiger partial charge in [-0.1, -0.05) is 6.92 Å². The Hall–Kier alpha value is -1.88. The molecule has 0 radical (unpaired) electrons. The number of ether oxygens (including phenoxy) is 2. The maximum atomic E-state index is 13.6. The van der Waals surface area contributed by atoms with Crippen molar-refractivity contribution in [1.29, 1.82) is 0 Å².